The highest BCUT2D eigenvalue weighted by Crippen LogP contribution is 2.45. The maximum Gasteiger partial charge on any atom is 0.490 e. The quantitative estimate of drug-likeness (QED) is 0.594. The van der Waals surface area contributed by atoms with Gasteiger partial charge in [0, 0.05) is 5.25 Å². The lowest BCUT2D eigenvalue weighted by atomic mass is 9.81. The lowest BCUT2D eigenvalue weighted by Gasteiger charge is -2.28. The number of aliphatic carboxylic acids is 2. The maximum absolute atomic E-state index is 11.2. The van der Waals surface area contributed by atoms with E-state index in [2.05, 4.69) is 12.6 Å². The molecule has 0 radical (unpaired) electrons. The zero-order valence-corrected chi connectivity index (χ0v) is 11.6. The molecule has 0 saturated heterocycles. The van der Waals surface area contributed by atoms with E-state index in [-0.39, 0.29) is 5.25 Å². The molecule has 1 fully saturated rings. The van der Waals surface area contributed by atoms with Crippen molar-refractivity contribution in [1.82, 2.24) is 0 Å². The van der Waals surface area contributed by atoms with Gasteiger partial charge in [-0.05, 0) is 32.2 Å². The van der Waals surface area contributed by atoms with Gasteiger partial charge in [-0.2, -0.15) is 25.8 Å². The van der Waals surface area contributed by atoms with Gasteiger partial charge < -0.3 is 15.9 Å². The number of rotatable bonds is 4. The Balaban J connectivity index is 0.000000441. The molecule has 4 N–H and O–H groups in total. The molecule has 0 spiro atoms. The molecule has 118 valence electrons. The summed E-state index contributed by atoms with van der Waals surface area (Å²) >= 11 is 4.36. The zero-order chi connectivity index (χ0) is 16.0. The van der Waals surface area contributed by atoms with Crippen molar-refractivity contribution >= 4 is 24.6 Å². The minimum Gasteiger partial charge on any atom is -0.481 e. The average molecular weight is 317 g/mol. The van der Waals surface area contributed by atoms with Crippen LogP contribution in [0.1, 0.15) is 32.1 Å². The Morgan fingerprint density at radius 2 is 1.85 bits per heavy atom. The van der Waals surface area contributed by atoms with Crippen LogP contribution in [0.3, 0.4) is 0 Å². The van der Waals surface area contributed by atoms with E-state index in [0.29, 0.717) is 13.0 Å². The second kappa shape index (κ2) is 7.72. The summed E-state index contributed by atoms with van der Waals surface area (Å²) < 4.78 is 31.7. The molecule has 9 heteroatoms. The van der Waals surface area contributed by atoms with Crippen LogP contribution in [0, 0.1) is 5.41 Å². The fraction of sp³-hybridized carbons (Fsp3) is 0.818. The first kappa shape index (κ1) is 19.0. The molecule has 2 atom stereocenters. The molecule has 0 bridgehead atoms. The summed E-state index contributed by atoms with van der Waals surface area (Å²) in [5.41, 5.74) is 4.80. The number of carbonyl (C=O) groups is 2. The number of hydrogen-bond donors (Lipinski definition) is 4. The molecule has 20 heavy (non-hydrogen) atoms. The summed E-state index contributed by atoms with van der Waals surface area (Å²) in [5.74, 6) is -3.45. The summed E-state index contributed by atoms with van der Waals surface area (Å²) in [6.45, 7) is 0.565. The summed E-state index contributed by atoms with van der Waals surface area (Å²) in [6, 6.07) is 0. The van der Waals surface area contributed by atoms with Crippen molar-refractivity contribution in [1.29, 1.82) is 0 Å². The van der Waals surface area contributed by atoms with Gasteiger partial charge in [-0.1, -0.05) is 6.42 Å². The fourth-order valence-corrected chi connectivity index (χ4v) is 2.67. The molecule has 2 unspecified atom stereocenters. The van der Waals surface area contributed by atoms with Gasteiger partial charge in [0.05, 0.1) is 5.41 Å². The second-order valence-electron chi connectivity index (χ2n) is 4.56. The Labute approximate surface area is 119 Å². The molecule has 0 aromatic rings. The van der Waals surface area contributed by atoms with Crippen LogP contribution in [0.4, 0.5) is 13.2 Å². The number of thiol groups is 1. The van der Waals surface area contributed by atoms with E-state index < -0.39 is 23.5 Å². The molecule has 5 nitrogen and oxygen atoms in total. The first-order valence-electron chi connectivity index (χ1n) is 5.99. The highest BCUT2D eigenvalue weighted by molar-refractivity contribution is 7.81. The summed E-state index contributed by atoms with van der Waals surface area (Å²) in [5, 5.41) is 16.3. The first-order valence-corrected chi connectivity index (χ1v) is 6.51. The van der Waals surface area contributed by atoms with E-state index in [1.165, 1.54) is 0 Å². The van der Waals surface area contributed by atoms with Crippen LogP contribution in [0.15, 0.2) is 0 Å². The van der Waals surface area contributed by atoms with Crippen LogP contribution in [-0.2, 0) is 9.59 Å². The Hall–Kier alpha value is -0.960. The lowest BCUT2D eigenvalue weighted by Crippen LogP contribution is -2.36. The zero-order valence-electron chi connectivity index (χ0n) is 10.7. The average Bonchev–Trinajstić information content (AvgIpc) is 2.68. The van der Waals surface area contributed by atoms with Crippen molar-refractivity contribution in [2.75, 3.05) is 6.54 Å². The van der Waals surface area contributed by atoms with E-state index in [9.17, 15) is 23.1 Å². The normalized spacial score (nSPS) is 25.8. The molecular formula is C11H18F3NO4S. The van der Waals surface area contributed by atoms with Gasteiger partial charge in [0.15, 0.2) is 0 Å². The Morgan fingerprint density at radius 3 is 2.10 bits per heavy atom. The van der Waals surface area contributed by atoms with Crippen LogP contribution >= 0.6 is 12.6 Å². The molecule has 1 aliphatic rings. The summed E-state index contributed by atoms with van der Waals surface area (Å²) in [4.78, 5) is 20.0. The van der Waals surface area contributed by atoms with E-state index in [1.54, 1.807) is 0 Å². The third-order valence-electron chi connectivity index (χ3n) is 3.23. The smallest absolute Gasteiger partial charge is 0.481 e. The third-order valence-corrected chi connectivity index (χ3v) is 3.99. The maximum atomic E-state index is 11.2. The second-order valence-corrected chi connectivity index (χ2v) is 5.19. The van der Waals surface area contributed by atoms with Gasteiger partial charge in [0.25, 0.3) is 0 Å². The largest absolute Gasteiger partial charge is 0.490 e. The molecular weight excluding hydrogens is 299 g/mol. The van der Waals surface area contributed by atoms with Crippen molar-refractivity contribution in [3.8, 4) is 0 Å². The van der Waals surface area contributed by atoms with Crippen molar-refractivity contribution in [3.63, 3.8) is 0 Å². The molecule has 0 aliphatic heterocycles. The van der Waals surface area contributed by atoms with Crippen LogP contribution in [-0.4, -0.2) is 40.1 Å². The SMILES string of the molecule is NCCCC1(C(=O)O)CCCC1S.O=C(O)C(F)(F)F. The Morgan fingerprint density at radius 1 is 1.35 bits per heavy atom. The third kappa shape index (κ3) is 5.20. The van der Waals surface area contributed by atoms with Crippen molar-refractivity contribution in [3.05, 3.63) is 0 Å². The Kier molecular flexibility index (Phi) is 7.35. The highest BCUT2D eigenvalue weighted by atomic mass is 32.1. The van der Waals surface area contributed by atoms with Crippen molar-refractivity contribution in [2.45, 2.75) is 43.5 Å². The Bertz CT molecular complexity index is 351. The number of hydrogen-bond acceptors (Lipinski definition) is 4. The topological polar surface area (TPSA) is 101 Å². The monoisotopic (exact) mass is 317 g/mol. The molecule has 0 amide bonds. The van der Waals surface area contributed by atoms with Gasteiger partial charge in [-0.3, -0.25) is 4.79 Å². The van der Waals surface area contributed by atoms with E-state index in [4.69, 9.17) is 15.6 Å². The van der Waals surface area contributed by atoms with Crippen molar-refractivity contribution in [2.24, 2.45) is 11.1 Å². The summed E-state index contributed by atoms with van der Waals surface area (Å²) in [7, 11) is 0. The van der Waals surface area contributed by atoms with E-state index in [1.807, 2.05) is 0 Å². The minimum absolute atomic E-state index is 0.0107. The predicted octanol–water partition coefficient (Wildman–Crippen LogP) is 1.91. The highest BCUT2D eigenvalue weighted by Gasteiger charge is 2.46. The van der Waals surface area contributed by atoms with Crippen LogP contribution in [0.25, 0.3) is 0 Å². The molecule has 1 aliphatic carbocycles. The fourth-order valence-electron chi connectivity index (χ4n) is 2.12. The van der Waals surface area contributed by atoms with Crippen LogP contribution in [0.2, 0.25) is 0 Å². The minimum atomic E-state index is -5.08. The number of carboxylic acid groups (broad SMARTS) is 2. The molecule has 0 aromatic carbocycles. The predicted molar refractivity (Wildman–Crippen MR) is 68.7 cm³/mol. The number of carboxylic acids is 2. The van der Waals surface area contributed by atoms with Gasteiger partial charge >= 0.3 is 18.1 Å². The first-order chi connectivity index (χ1) is 9.08. The van der Waals surface area contributed by atoms with E-state index in [0.717, 1.165) is 25.7 Å². The lowest BCUT2D eigenvalue weighted by molar-refractivity contribution is -0.192. The van der Waals surface area contributed by atoms with Crippen LogP contribution < -0.4 is 5.73 Å². The summed E-state index contributed by atoms with van der Waals surface area (Å²) in [6.07, 6.45) is -0.974. The van der Waals surface area contributed by atoms with Gasteiger partial charge in [-0.15, -0.1) is 0 Å². The molecule has 1 saturated carbocycles. The van der Waals surface area contributed by atoms with Gasteiger partial charge in [0.2, 0.25) is 0 Å². The van der Waals surface area contributed by atoms with Crippen LogP contribution in [0.5, 0.6) is 0 Å². The van der Waals surface area contributed by atoms with Gasteiger partial charge in [-0.25, -0.2) is 4.79 Å². The van der Waals surface area contributed by atoms with Gasteiger partial charge in [0.1, 0.15) is 0 Å². The van der Waals surface area contributed by atoms with E-state index >= 15 is 0 Å². The standard InChI is InChI=1S/C9H17NO2S.C2HF3O2/c10-6-2-5-9(8(11)12)4-1-3-7(9)13;3-2(4,5)1(6)7/h7,13H,1-6,10H2,(H,11,12);(H,6,7). The molecule has 0 aromatic heterocycles. The molecule has 1 rings (SSSR count). The molecule has 0 heterocycles. The number of alkyl halides is 3. The number of nitrogens with two attached hydrogens (primary N) is 1. The van der Waals surface area contributed by atoms with Crippen molar-refractivity contribution < 1.29 is 33.0 Å². The number of halogens is 3.